The minimum atomic E-state index is 0.00662. The fraction of sp³-hybridized carbons (Fsp3) is 0.667. The Morgan fingerprint density at radius 2 is 2.08 bits per heavy atom. The predicted octanol–water partition coefficient (Wildman–Crippen LogP) is 2.11. The number of unbranched alkanes of at least 4 members (excludes halogenated alkanes) is 1. The zero-order chi connectivity index (χ0) is 17.6. The van der Waals surface area contributed by atoms with E-state index in [9.17, 15) is 0 Å². The molecule has 138 valence electrons. The molecule has 2 N–H and O–H groups in total. The molecule has 0 bridgehead atoms. The standard InChI is InChI=1S/C18H30N6O/c1-4-5-6-17-19-9-15(21-17)12-24-7-8-25-16(13-24)18-20-10-14(22-18)11-23(2)3/h9-10,16H,4-8,11-13H2,1-3H3,(H,19,21)(H,20,22)/t16-/m0/s1. The third kappa shape index (κ3) is 5.14. The topological polar surface area (TPSA) is 73.1 Å². The van der Waals surface area contributed by atoms with Gasteiger partial charge in [-0.15, -0.1) is 0 Å². The quantitative estimate of drug-likeness (QED) is 0.766. The molecule has 7 heteroatoms. The summed E-state index contributed by atoms with van der Waals surface area (Å²) >= 11 is 0. The van der Waals surface area contributed by atoms with Crippen molar-refractivity contribution in [2.24, 2.45) is 0 Å². The Balaban J connectivity index is 1.55. The number of ether oxygens (including phenoxy) is 1. The van der Waals surface area contributed by atoms with Crippen LogP contribution < -0.4 is 0 Å². The summed E-state index contributed by atoms with van der Waals surface area (Å²) in [7, 11) is 4.11. The maximum atomic E-state index is 5.93. The largest absolute Gasteiger partial charge is 0.368 e. The number of nitrogens with one attached hydrogen (secondary N) is 2. The molecule has 3 heterocycles. The van der Waals surface area contributed by atoms with Crippen LogP contribution in [0.2, 0.25) is 0 Å². The van der Waals surface area contributed by atoms with Crippen molar-refractivity contribution in [2.45, 2.75) is 45.4 Å². The van der Waals surface area contributed by atoms with Crippen LogP contribution in [0.15, 0.2) is 12.4 Å². The van der Waals surface area contributed by atoms with Crippen LogP contribution >= 0.6 is 0 Å². The molecule has 1 saturated heterocycles. The molecular weight excluding hydrogens is 316 g/mol. The van der Waals surface area contributed by atoms with Gasteiger partial charge in [-0.2, -0.15) is 0 Å². The molecule has 1 fully saturated rings. The van der Waals surface area contributed by atoms with Crippen molar-refractivity contribution in [2.75, 3.05) is 33.8 Å². The molecule has 0 unspecified atom stereocenters. The van der Waals surface area contributed by atoms with Crippen LogP contribution in [-0.2, 0) is 24.2 Å². The first-order chi connectivity index (χ1) is 12.1. The van der Waals surface area contributed by atoms with Gasteiger partial charge in [0.2, 0.25) is 0 Å². The number of morpholine rings is 1. The summed E-state index contributed by atoms with van der Waals surface area (Å²) in [5.41, 5.74) is 2.30. The minimum Gasteiger partial charge on any atom is -0.368 e. The van der Waals surface area contributed by atoms with Gasteiger partial charge in [-0.3, -0.25) is 4.90 Å². The van der Waals surface area contributed by atoms with Crippen molar-refractivity contribution >= 4 is 0 Å². The zero-order valence-electron chi connectivity index (χ0n) is 15.6. The van der Waals surface area contributed by atoms with Gasteiger partial charge in [-0.25, -0.2) is 9.97 Å². The van der Waals surface area contributed by atoms with Crippen molar-refractivity contribution in [3.63, 3.8) is 0 Å². The van der Waals surface area contributed by atoms with E-state index in [1.165, 1.54) is 18.5 Å². The highest BCUT2D eigenvalue weighted by atomic mass is 16.5. The average Bonchev–Trinajstić information content (AvgIpc) is 3.22. The van der Waals surface area contributed by atoms with Gasteiger partial charge >= 0.3 is 0 Å². The molecule has 0 aromatic carbocycles. The Morgan fingerprint density at radius 1 is 1.24 bits per heavy atom. The second-order valence-electron chi connectivity index (χ2n) is 7.08. The summed E-state index contributed by atoms with van der Waals surface area (Å²) in [6.45, 7) is 6.45. The van der Waals surface area contributed by atoms with Gasteiger partial charge in [0.05, 0.1) is 6.61 Å². The average molecular weight is 346 g/mol. The fourth-order valence-electron chi connectivity index (χ4n) is 3.17. The van der Waals surface area contributed by atoms with E-state index in [2.05, 4.69) is 50.8 Å². The van der Waals surface area contributed by atoms with E-state index in [1.807, 2.05) is 12.4 Å². The fourth-order valence-corrected chi connectivity index (χ4v) is 3.17. The Hall–Kier alpha value is -1.70. The smallest absolute Gasteiger partial charge is 0.136 e. The van der Waals surface area contributed by atoms with Crippen molar-refractivity contribution < 1.29 is 4.74 Å². The predicted molar refractivity (Wildman–Crippen MR) is 97.1 cm³/mol. The van der Waals surface area contributed by atoms with E-state index < -0.39 is 0 Å². The lowest BCUT2D eigenvalue weighted by molar-refractivity contribution is -0.0372. The van der Waals surface area contributed by atoms with E-state index >= 15 is 0 Å². The van der Waals surface area contributed by atoms with Gasteiger partial charge in [0.1, 0.15) is 17.8 Å². The number of hydrogen-bond acceptors (Lipinski definition) is 5. The molecule has 0 spiro atoms. The summed E-state index contributed by atoms with van der Waals surface area (Å²) in [6, 6.07) is 0. The Morgan fingerprint density at radius 3 is 2.88 bits per heavy atom. The Kier molecular flexibility index (Phi) is 6.23. The second kappa shape index (κ2) is 8.60. The second-order valence-corrected chi connectivity index (χ2v) is 7.08. The molecule has 2 aromatic rings. The summed E-state index contributed by atoms with van der Waals surface area (Å²) in [5, 5.41) is 0. The normalized spacial score (nSPS) is 19.0. The molecular formula is C18H30N6O. The van der Waals surface area contributed by atoms with Crippen LogP contribution in [0, 0.1) is 0 Å². The van der Waals surface area contributed by atoms with Gasteiger partial charge < -0.3 is 19.6 Å². The molecule has 1 aliphatic rings. The van der Waals surface area contributed by atoms with Gasteiger partial charge in [0.25, 0.3) is 0 Å². The number of imidazole rings is 2. The summed E-state index contributed by atoms with van der Waals surface area (Å²) < 4.78 is 5.93. The lowest BCUT2D eigenvalue weighted by atomic mass is 10.2. The number of nitrogens with zero attached hydrogens (tertiary/aromatic N) is 4. The highest BCUT2D eigenvalue weighted by Crippen LogP contribution is 2.21. The Bertz CT molecular complexity index is 650. The molecule has 0 radical (unpaired) electrons. The monoisotopic (exact) mass is 346 g/mol. The van der Waals surface area contributed by atoms with Crippen LogP contribution in [0.25, 0.3) is 0 Å². The zero-order valence-corrected chi connectivity index (χ0v) is 15.6. The molecule has 1 aliphatic heterocycles. The van der Waals surface area contributed by atoms with Crippen molar-refractivity contribution in [3.8, 4) is 0 Å². The van der Waals surface area contributed by atoms with Crippen molar-refractivity contribution in [1.29, 1.82) is 0 Å². The van der Waals surface area contributed by atoms with Gasteiger partial charge in [0.15, 0.2) is 0 Å². The lowest BCUT2D eigenvalue weighted by Gasteiger charge is -2.31. The molecule has 1 atom stereocenters. The number of hydrogen-bond donors (Lipinski definition) is 2. The summed E-state index contributed by atoms with van der Waals surface area (Å²) in [6.07, 6.45) is 7.29. The van der Waals surface area contributed by atoms with E-state index in [0.29, 0.717) is 0 Å². The third-order valence-electron chi connectivity index (χ3n) is 4.43. The number of aromatic nitrogens is 4. The minimum absolute atomic E-state index is 0.00662. The summed E-state index contributed by atoms with van der Waals surface area (Å²) in [5.74, 6) is 2.02. The van der Waals surface area contributed by atoms with Crippen LogP contribution in [0.1, 0.15) is 48.9 Å². The first-order valence-electron chi connectivity index (χ1n) is 9.19. The van der Waals surface area contributed by atoms with Gasteiger partial charge in [0, 0.05) is 56.4 Å². The number of H-pyrrole nitrogens is 2. The van der Waals surface area contributed by atoms with Crippen LogP contribution in [-0.4, -0.2) is 63.5 Å². The Labute approximate surface area is 149 Å². The number of aryl methyl sites for hydroxylation is 1. The third-order valence-corrected chi connectivity index (χ3v) is 4.43. The summed E-state index contributed by atoms with van der Waals surface area (Å²) in [4.78, 5) is 20.4. The lowest BCUT2D eigenvalue weighted by Crippen LogP contribution is -2.38. The highest BCUT2D eigenvalue weighted by molar-refractivity contribution is 5.06. The molecule has 3 rings (SSSR count). The molecule has 25 heavy (non-hydrogen) atoms. The number of rotatable bonds is 8. The maximum absolute atomic E-state index is 5.93. The SMILES string of the molecule is CCCCc1ncc(CN2CCO[C@H](c3ncc(CN(C)C)[nH]3)C2)[nH]1. The van der Waals surface area contributed by atoms with E-state index in [4.69, 9.17) is 4.74 Å². The van der Waals surface area contributed by atoms with Crippen LogP contribution in [0.4, 0.5) is 0 Å². The van der Waals surface area contributed by atoms with E-state index in [0.717, 1.165) is 56.5 Å². The first-order valence-corrected chi connectivity index (χ1v) is 9.19. The van der Waals surface area contributed by atoms with Gasteiger partial charge in [-0.05, 0) is 20.5 Å². The van der Waals surface area contributed by atoms with Crippen molar-refractivity contribution in [1.82, 2.24) is 29.7 Å². The molecule has 0 amide bonds. The van der Waals surface area contributed by atoms with Crippen molar-refractivity contribution in [3.05, 3.63) is 35.4 Å². The number of aromatic amines is 2. The molecule has 2 aromatic heterocycles. The molecule has 0 saturated carbocycles. The maximum Gasteiger partial charge on any atom is 0.136 e. The molecule has 7 nitrogen and oxygen atoms in total. The van der Waals surface area contributed by atoms with Gasteiger partial charge in [-0.1, -0.05) is 13.3 Å². The highest BCUT2D eigenvalue weighted by Gasteiger charge is 2.24. The van der Waals surface area contributed by atoms with Crippen LogP contribution in [0.5, 0.6) is 0 Å². The first kappa shape index (κ1) is 18.1. The van der Waals surface area contributed by atoms with Crippen LogP contribution in [0.3, 0.4) is 0 Å². The van der Waals surface area contributed by atoms with E-state index in [1.54, 1.807) is 0 Å². The van der Waals surface area contributed by atoms with E-state index in [-0.39, 0.29) is 6.10 Å². The molecule has 0 aliphatic carbocycles.